The van der Waals surface area contributed by atoms with E-state index < -0.39 is 33.9 Å². The van der Waals surface area contributed by atoms with E-state index >= 15 is 0 Å². The second-order valence-corrected chi connectivity index (χ2v) is 8.88. The van der Waals surface area contributed by atoms with Crippen LogP contribution in [0, 0.1) is 11.8 Å². The number of rotatable bonds is 7. The first-order chi connectivity index (χ1) is 12.3. The Bertz CT molecular complexity index is 735. The third kappa shape index (κ3) is 4.82. The first kappa shape index (κ1) is 20.4. The van der Waals surface area contributed by atoms with Gasteiger partial charge in [0.05, 0.1) is 23.6 Å². The fourth-order valence-corrected chi connectivity index (χ4v) is 4.34. The number of carboxylic acids is 1. The molecule has 3 unspecified atom stereocenters. The molecule has 2 rings (SSSR count). The molecular weight excluding hydrogens is 356 g/mol. The molecule has 8 heteroatoms. The molecule has 1 fully saturated rings. The number of carbonyl (C=O) groups excluding carboxylic acids is 1. The first-order valence-corrected chi connectivity index (χ1v) is 10.4. The van der Waals surface area contributed by atoms with Gasteiger partial charge in [0.15, 0.2) is 0 Å². The van der Waals surface area contributed by atoms with Gasteiger partial charge in [0.25, 0.3) is 0 Å². The third-order valence-corrected chi connectivity index (χ3v) is 6.71. The van der Waals surface area contributed by atoms with Crippen molar-refractivity contribution in [3.05, 3.63) is 35.9 Å². The van der Waals surface area contributed by atoms with Crippen molar-refractivity contribution >= 4 is 21.9 Å². The maximum Gasteiger partial charge on any atom is 0.308 e. The normalized spacial score (nSPS) is 20.9. The lowest BCUT2D eigenvalue weighted by Crippen LogP contribution is -2.47. The Kier molecular flexibility index (Phi) is 6.77. The molecule has 1 aromatic rings. The highest BCUT2D eigenvalue weighted by atomic mass is 32.2. The monoisotopic (exact) mass is 382 g/mol. The van der Waals surface area contributed by atoms with Crippen molar-refractivity contribution < 1.29 is 23.1 Å². The van der Waals surface area contributed by atoms with Crippen LogP contribution in [0.5, 0.6) is 0 Å². The highest BCUT2D eigenvalue weighted by Gasteiger charge is 2.34. The lowest BCUT2D eigenvalue weighted by atomic mass is 9.92. The Balaban J connectivity index is 2.15. The number of carbonyl (C=O) groups is 2. The second-order valence-electron chi connectivity index (χ2n) is 6.62. The van der Waals surface area contributed by atoms with E-state index in [-0.39, 0.29) is 18.2 Å². The quantitative estimate of drug-likeness (QED) is 0.746. The van der Waals surface area contributed by atoms with E-state index in [9.17, 15) is 23.1 Å². The molecule has 0 saturated carbocycles. The first-order valence-electron chi connectivity index (χ1n) is 8.82. The second kappa shape index (κ2) is 8.64. The van der Waals surface area contributed by atoms with E-state index in [1.165, 1.54) is 4.31 Å². The smallest absolute Gasteiger partial charge is 0.308 e. The molecule has 0 bridgehead atoms. The van der Waals surface area contributed by atoms with Gasteiger partial charge >= 0.3 is 5.97 Å². The maximum absolute atomic E-state index is 12.7. The number of nitrogens with one attached hydrogen (secondary N) is 1. The number of hydrogen-bond acceptors (Lipinski definition) is 4. The predicted octanol–water partition coefficient (Wildman–Crippen LogP) is 1.63. The summed E-state index contributed by atoms with van der Waals surface area (Å²) in [6.45, 7) is 3.70. The van der Waals surface area contributed by atoms with Crippen LogP contribution >= 0.6 is 0 Å². The molecule has 1 heterocycles. The average Bonchev–Trinajstić information content (AvgIpc) is 2.66. The van der Waals surface area contributed by atoms with Crippen molar-refractivity contribution in [2.75, 3.05) is 18.8 Å². The fourth-order valence-electron chi connectivity index (χ4n) is 3.16. The molecule has 1 aliphatic heterocycles. The minimum absolute atomic E-state index is 0.00400. The van der Waals surface area contributed by atoms with E-state index in [0.29, 0.717) is 24.9 Å². The van der Waals surface area contributed by atoms with E-state index in [1.807, 2.05) is 6.07 Å². The number of nitrogens with zero attached hydrogens (tertiary/aromatic N) is 1. The largest absolute Gasteiger partial charge is 0.481 e. The van der Waals surface area contributed by atoms with Gasteiger partial charge in [-0.3, -0.25) is 9.59 Å². The van der Waals surface area contributed by atoms with Gasteiger partial charge in [0, 0.05) is 13.1 Å². The van der Waals surface area contributed by atoms with E-state index in [1.54, 1.807) is 38.1 Å². The molecule has 26 heavy (non-hydrogen) atoms. The zero-order chi connectivity index (χ0) is 19.3. The zero-order valence-corrected chi connectivity index (χ0v) is 15.9. The van der Waals surface area contributed by atoms with Crippen LogP contribution in [0.4, 0.5) is 0 Å². The van der Waals surface area contributed by atoms with Crippen molar-refractivity contribution in [2.24, 2.45) is 11.8 Å². The van der Waals surface area contributed by atoms with Gasteiger partial charge in [-0.15, -0.1) is 0 Å². The molecule has 3 atom stereocenters. The average molecular weight is 382 g/mol. The number of hydrogen-bond donors (Lipinski definition) is 2. The molecule has 1 saturated heterocycles. The van der Waals surface area contributed by atoms with Crippen LogP contribution in [0.1, 0.15) is 38.3 Å². The van der Waals surface area contributed by atoms with Gasteiger partial charge in [0.2, 0.25) is 15.9 Å². The summed E-state index contributed by atoms with van der Waals surface area (Å²) >= 11 is 0. The predicted molar refractivity (Wildman–Crippen MR) is 97.9 cm³/mol. The summed E-state index contributed by atoms with van der Waals surface area (Å²) < 4.78 is 25.5. The van der Waals surface area contributed by atoms with Crippen molar-refractivity contribution in [2.45, 2.75) is 32.7 Å². The molecule has 1 amide bonds. The van der Waals surface area contributed by atoms with Gasteiger partial charge in [-0.1, -0.05) is 30.3 Å². The summed E-state index contributed by atoms with van der Waals surface area (Å²) in [6.07, 6.45) is 1.20. The van der Waals surface area contributed by atoms with Crippen LogP contribution in [0.2, 0.25) is 0 Å². The van der Waals surface area contributed by atoms with E-state index in [0.717, 1.165) is 0 Å². The summed E-state index contributed by atoms with van der Waals surface area (Å²) in [6, 6.07) is 8.29. The Labute approximate surface area is 154 Å². The highest BCUT2D eigenvalue weighted by Crippen LogP contribution is 2.25. The van der Waals surface area contributed by atoms with Gasteiger partial charge in [0.1, 0.15) is 0 Å². The number of sulfonamides is 1. The number of carboxylic acid groups (broad SMARTS) is 1. The SMILES string of the molecule is CCS(=O)(=O)N1CCCC(C(=O)NC(c2ccccc2)C(C)C(=O)O)C1. The molecular formula is C18H26N2O5S. The van der Waals surface area contributed by atoms with Crippen molar-refractivity contribution in [3.63, 3.8) is 0 Å². The van der Waals surface area contributed by atoms with Crippen molar-refractivity contribution in [3.8, 4) is 0 Å². The molecule has 2 N–H and O–H groups in total. The summed E-state index contributed by atoms with van der Waals surface area (Å²) in [4.78, 5) is 24.2. The van der Waals surface area contributed by atoms with E-state index in [4.69, 9.17) is 0 Å². The number of benzene rings is 1. The summed E-state index contributed by atoms with van der Waals surface area (Å²) in [5.41, 5.74) is 0.713. The molecule has 7 nitrogen and oxygen atoms in total. The lowest BCUT2D eigenvalue weighted by molar-refractivity contribution is -0.142. The van der Waals surface area contributed by atoms with Crippen LogP contribution in [-0.4, -0.2) is 48.5 Å². The van der Waals surface area contributed by atoms with Crippen LogP contribution in [0.3, 0.4) is 0 Å². The van der Waals surface area contributed by atoms with Gasteiger partial charge in [-0.05, 0) is 32.3 Å². The lowest BCUT2D eigenvalue weighted by Gasteiger charge is -2.32. The molecule has 0 aliphatic carbocycles. The highest BCUT2D eigenvalue weighted by molar-refractivity contribution is 7.89. The third-order valence-electron chi connectivity index (χ3n) is 4.86. The standard InChI is InChI=1S/C18H26N2O5S/c1-3-26(24,25)20-11-7-10-15(12-20)17(21)19-16(13(2)18(22)23)14-8-5-4-6-9-14/h4-6,8-9,13,15-16H,3,7,10-12H2,1-2H3,(H,19,21)(H,22,23). The zero-order valence-electron chi connectivity index (χ0n) is 15.1. The number of aliphatic carboxylic acids is 1. The number of amides is 1. The van der Waals surface area contributed by atoms with Crippen LogP contribution in [0.15, 0.2) is 30.3 Å². The molecule has 0 aromatic heterocycles. The van der Waals surface area contributed by atoms with Gasteiger partial charge in [-0.25, -0.2) is 12.7 Å². The van der Waals surface area contributed by atoms with Crippen LogP contribution in [-0.2, 0) is 19.6 Å². The Hall–Kier alpha value is -1.93. The molecule has 0 radical (unpaired) electrons. The molecule has 0 spiro atoms. The van der Waals surface area contributed by atoms with Gasteiger partial charge in [-0.2, -0.15) is 0 Å². The summed E-state index contributed by atoms with van der Waals surface area (Å²) in [7, 11) is -3.34. The van der Waals surface area contributed by atoms with Crippen molar-refractivity contribution in [1.82, 2.24) is 9.62 Å². The minimum Gasteiger partial charge on any atom is -0.481 e. The summed E-state index contributed by atoms with van der Waals surface area (Å²) in [5, 5.41) is 12.2. The Morgan fingerprint density at radius 2 is 1.96 bits per heavy atom. The van der Waals surface area contributed by atoms with Crippen LogP contribution in [0.25, 0.3) is 0 Å². The Morgan fingerprint density at radius 1 is 1.31 bits per heavy atom. The van der Waals surface area contributed by atoms with E-state index in [2.05, 4.69) is 5.32 Å². The topological polar surface area (TPSA) is 104 Å². The Morgan fingerprint density at radius 3 is 2.54 bits per heavy atom. The molecule has 144 valence electrons. The van der Waals surface area contributed by atoms with Gasteiger partial charge < -0.3 is 10.4 Å². The molecule has 1 aliphatic rings. The van der Waals surface area contributed by atoms with Crippen LogP contribution < -0.4 is 5.32 Å². The molecule has 1 aromatic carbocycles. The van der Waals surface area contributed by atoms with Crippen molar-refractivity contribution in [1.29, 1.82) is 0 Å². The maximum atomic E-state index is 12.7. The summed E-state index contributed by atoms with van der Waals surface area (Å²) in [5.74, 6) is -2.58. The minimum atomic E-state index is -3.34. The fraction of sp³-hybridized carbons (Fsp3) is 0.556. The number of piperidine rings is 1.